The molecule has 1 atom stereocenters. The van der Waals surface area contributed by atoms with Crippen molar-refractivity contribution in [1.29, 1.82) is 0 Å². The van der Waals surface area contributed by atoms with Crippen LogP contribution in [0, 0.1) is 6.92 Å². The van der Waals surface area contributed by atoms with Crippen LogP contribution in [0.5, 0.6) is 0 Å². The van der Waals surface area contributed by atoms with Gasteiger partial charge < -0.3 is 10.2 Å². The van der Waals surface area contributed by atoms with Crippen molar-refractivity contribution in [2.24, 2.45) is 0 Å². The Morgan fingerprint density at radius 3 is 2.45 bits per heavy atom. The van der Waals surface area contributed by atoms with Gasteiger partial charge in [-0.15, -0.1) is 11.8 Å². The van der Waals surface area contributed by atoms with Gasteiger partial charge in [0.05, 0.1) is 0 Å². The van der Waals surface area contributed by atoms with E-state index in [0.717, 1.165) is 36.1 Å². The number of nitrogens with one attached hydrogen (secondary N) is 1. The van der Waals surface area contributed by atoms with Crippen molar-refractivity contribution in [3.05, 3.63) is 63.6 Å². The average Bonchev–Trinajstić information content (AvgIpc) is 2.80. The minimum atomic E-state index is -0.587. The van der Waals surface area contributed by atoms with Gasteiger partial charge in [-0.1, -0.05) is 66.2 Å². The highest BCUT2D eigenvalue weighted by atomic mass is 35.5. The van der Waals surface area contributed by atoms with E-state index in [1.54, 1.807) is 35.7 Å². The van der Waals surface area contributed by atoms with Gasteiger partial charge in [-0.05, 0) is 56.5 Å². The molecule has 0 aromatic heterocycles. The van der Waals surface area contributed by atoms with Crippen molar-refractivity contribution in [3.8, 4) is 0 Å². The maximum absolute atomic E-state index is 13.3. The minimum absolute atomic E-state index is 0.0630. The van der Waals surface area contributed by atoms with Crippen LogP contribution < -0.4 is 5.32 Å². The number of amides is 2. The highest BCUT2D eigenvalue weighted by Gasteiger charge is 2.28. The first-order valence-corrected chi connectivity index (χ1v) is 13.3. The molecule has 1 aliphatic carbocycles. The average molecular weight is 508 g/mol. The fourth-order valence-electron chi connectivity index (χ4n) is 4.02. The molecule has 178 valence electrons. The zero-order valence-corrected chi connectivity index (χ0v) is 21.6. The molecule has 1 fully saturated rings. The maximum Gasteiger partial charge on any atom is 0.242 e. The Balaban J connectivity index is 1.68. The summed E-state index contributed by atoms with van der Waals surface area (Å²) in [5.41, 5.74) is 1.98. The van der Waals surface area contributed by atoms with E-state index in [1.807, 2.05) is 6.07 Å². The molecule has 0 radical (unpaired) electrons. The second-order valence-electron chi connectivity index (χ2n) is 8.69. The molecule has 1 saturated carbocycles. The summed E-state index contributed by atoms with van der Waals surface area (Å²) in [6, 6.07) is 13.1. The van der Waals surface area contributed by atoms with E-state index < -0.39 is 6.04 Å². The van der Waals surface area contributed by atoms with Crippen LogP contribution in [0.25, 0.3) is 0 Å². The molecule has 7 heteroatoms. The molecular formula is C26H32Cl2N2O2S. The summed E-state index contributed by atoms with van der Waals surface area (Å²) in [6.07, 6.45) is 5.84. The van der Waals surface area contributed by atoms with E-state index >= 15 is 0 Å². The number of hydrogen-bond donors (Lipinski definition) is 1. The van der Waals surface area contributed by atoms with Gasteiger partial charge in [0.25, 0.3) is 0 Å². The summed E-state index contributed by atoms with van der Waals surface area (Å²) >= 11 is 14.1. The molecule has 0 saturated heterocycles. The molecule has 2 aromatic rings. The number of halogens is 2. The molecule has 1 unspecified atom stereocenters. The summed E-state index contributed by atoms with van der Waals surface area (Å²) in [6.45, 7) is 4.12. The fraction of sp³-hybridized carbons (Fsp3) is 0.462. The van der Waals surface area contributed by atoms with Crippen LogP contribution in [0.4, 0.5) is 0 Å². The number of benzene rings is 2. The Kier molecular flexibility index (Phi) is 9.96. The monoisotopic (exact) mass is 506 g/mol. The standard InChI is InChI=1S/C26H32Cl2N2O2S/c1-18-8-12-23(13-9-18)33-15-14-25(31)30(17-20-10-11-21(27)16-24(20)28)19(2)26(32)29-22-6-4-3-5-7-22/h8-13,16,19,22H,3-7,14-15,17H2,1-2H3,(H,29,32). The van der Waals surface area contributed by atoms with Gasteiger partial charge in [-0.25, -0.2) is 0 Å². The van der Waals surface area contributed by atoms with Crippen molar-refractivity contribution in [2.75, 3.05) is 5.75 Å². The van der Waals surface area contributed by atoms with Crippen LogP contribution in [0.3, 0.4) is 0 Å². The number of carbonyl (C=O) groups excluding carboxylic acids is 2. The van der Waals surface area contributed by atoms with Crippen molar-refractivity contribution >= 4 is 46.8 Å². The Morgan fingerprint density at radius 1 is 1.09 bits per heavy atom. The highest BCUT2D eigenvalue weighted by Crippen LogP contribution is 2.25. The number of carbonyl (C=O) groups is 2. The molecule has 0 spiro atoms. The zero-order valence-electron chi connectivity index (χ0n) is 19.3. The van der Waals surface area contributed by atoms with Gasteiger partial charge in [-0.3, -0.25) is 9.59 Å². The van der Waals surface area contributed by atoms with Gasteiger partial charge >= 0.3 is 0 Å². The van der Waals surface area contributed by atoms with Gasteiger partial charge in [-0.2, -0.15) is 0 Å². The first-order chi connectivity index (χ1) is 15.8. The molecular weight excluding hydrogens is 475 g/mol. The number of hydrogen-bond acceptors (Lipinski definition) is 3. The van der Waals surface area contributed by atoms with Crippen LogP contribution in [0.15, 0.2) is 47.4 Å². The number of thioether (sulfide) groups is 1. The van der Waals surface area contributed by atoms with Crippen LogP contribution in [-0.4, -0.2) is 34.6 Å². The summed E-state index contributed by atoms with van der Waals surface area (Å²) in [5, 5.41) is 4.19. The first-order valence-electron chi connectivity index (χ1n) is 11.6. The van der Waals surface area contributed by atoms with Crippen LogP contribution in [-0.2, 0) is 16.1 Å². The summed E-state index contributed by atoms with van der Waals surface area (Å²) in [7, 11) is 0. The molecule has 2 aromatic carbocycles. The third-order valence-corrected chi connectivity index (χ3v) is 7.68. The number of aryl methyl sites for hydroxylation is 1. The van der Waals surface area contributed by atoms with Crippen LogP contribution >= 0.6 is 35.0 Å². The first kappa shape index (κ1) is 25.9. The topological polar surface area (TPSA) is 49.4 Å². The molecule has 1 aliphatic rings. The summed E-state index contributed by atoms with van der Waals surface area (Å²) < 4.78 is 0. The minimum Gasteiger partial charge on any atom is -0.352 e. The molecule has 1 N–H and O–H groups in total. The van der Waals surface area contributed by atoms with Gasteiger partial charge in [0, 0.05) is 39.7 Å². The van der Waals surface area contributed by atoms with E-state index in [-0.39, 0.29) is 24.4 Å². The highest BCUT2D eigenvalue weighted by molar-refractivity contribution is 7.99. The Bertz CT molecular complexity index is 946. The lowest BCUT2D eigenvalue weighted by molar-refractivity contribution is -0.140. The van der Waals surface area contributed by atoms with Gasteiger partial charge in [0.15, 0.2) is 0 Å². The lowest BCUT2D eigenvalue weighted by Crippen LogP contribution is -2.50. The Morgan fingerprint density at radius 2 is 1.79 bits per heavy atom. The lowest BCUT2D eigenvalue weighted by Gasteiger charge is -2.31. The number of rotatable bonds is 9. The molecule has 0 heterocycles. The number of nitrogens with zero attached hydrogens (tertiary/aromatic N) is 1. The molecule has 33 heavy (non-hydrogen) atoms. The third-order valence-electron chi connectivity index (χ3n) is 6.08. The summed E-state index contributed by atoms with van der Waals surface area (Å²) in [4.78, 5) is 29.1. The van der Waals surface area contributed by atoms with Gasteiger partial charge in [0.1, 0.15) is 6.04 Å². The maximum atomic E-state index is 13.3. The van der Waals surface area contributed by atoms with E-state index in [4.69, 9.17) is 23.2 Å². The molecule has 0 bridgehead atoms. The van der Waals surface area contributed by atoms with Crippen molar-refractivity contribution in [2.45, 2.75) is 75.9 Å². The fourth-order valence-corrected chi connectivity index (χ4v) is 5.33. The van der Waals surface area contributed by atoms with Crippen molar-refractivity contribution in [1.82, 2.24) is 10.2 Å². The largest absolute Gasteiger partial charge is 0.352 e. The molecule has 3 rings (SSSR count). The van der Waals surface area contributed by atoms with Crippen molar-refractivity contribution in [3.63, 3.8) is 0 Å². The Labute approximate surface area is 211 Å². The lowest BCUT2D eigenvalue weighted by atomic mass is 9.95. The smallest absolute Gasteiger partial charge is 0.242 e. The van der Waals surface area contributed by atoms with E-state index in [1.165, 1.54) is 12.0 Å². The SMILES string of the molecule is Cc1ccc(SCCC(=O)N(Cc2ccc(Cl)cc2Cl)C(C)C(=O)NC2CCCCC2)cc1. The molecule has 0 aliphatic heterocycles. The molecule has 4 nitrogen and oxygen atoms in total. The van der Waals surface area contributed by atoms with Crippen LogP contribution in [0.2, 0.25) is 10.0 Å². The van der Waals surface area contributed by atoms with Crippen molar-refractivity contribution < 1.29 is 9.59 Å². The van der Waals surface area contributed by atoms with Gasteiger partial charge in [0.2, 0.25) is 11.8 Å². The second-order valence-corrected chi connectivity index (χ2v) is 10.7. The summed E-state index contributed by atoms with van der Waals surface area (Å²) in [5.74, 6) is 0.474. The van der Waals surface area contributed by atoms with E-state index in [9.17, 15) is 9.59 Å². The molecule has 2 amide bonds. The van der Waals surface area contributed by atoms with E-state index in [0.29, 0.717) is 22.2 Å². The second kappa shape index (κ2) is 12.7. The zero-order chi connectivity index (χ0) is 23.8. The quantitative estimate of drug-likeness (QED) is 0.387. The predicted octanol–water partition coefficient (Wildman–Crippen LogP) is 6.65. The van der Waals surface area contributed by atoms with Crippen LogP contribution in [0.1, 0.15) is 56.6 Å². The third kappa shape index (κ3) is 7.94. The Hall–Kier alpha value is -1.69. The predicted molar refractivity (Wildman–Crippen MR) is 138 cm³/mol. The normalized spacial score (nSPS) is 15.2. The van der Waals surface area contributed by atoms with E-state index in [2.05, 4.69) is 36.5 Å².